The molecule has 2 aromatic rings. The van der Waals surface area contributed by atoms with E-state index in [1.165, 1.54) is 16.9 Å². The lowest BCUT2D eigenvalue weighted by atomic mass is 10.0. The highest BCUT2D eigenvalue weighted by Gasteiger charge is 2.26. The number of benzene rings is 1. The Balaban J connectivity index is 1.59. The number of carbonyl (C=O) groups is 2. The first-order valence-electron chi connectivity index (χ1n) is 8.08. The molecule has 3 rings (SSSR count). The second-order valence-corrected chi connectivity index (χ2v) is 6.95. The molecule has 3 N–H and O–H groups in total. The molecule has 0 bridgehead atoms. The summed E-state index contributed by atoms with van der Waals surface area (Å²) in [6.45, 7) is 1.27. The lowest BCUT2D eigenvalue weighted by Gasteiger charge is -2.24. The minimum atomic E-state index is -0.519. The van der Waals surface area contributed by atoms with Crippen LogP contribution in [0.1, 0.15) is 28.8 Å². The maximum Gasteiger partial charge on any atom is 0.251 e. The summed E-state index contributed by atoms with van der Waals surface area (Å²) < 4.78 is 0. The molecule has 5 nitrogen and oxygen atoms in total. The van der Waals surface area contributed by atoms with Crippen molar-refractivity contribution >= 4 is 28.2 Å². The average molecular weight is 343 g/mol. The molecule has 2 heterocycles. The first kappa shape index (κ1) is 16.7. The van der Waals surface area contributed by atoms with E-state index in [1.807, 2.05) is 18.2 Å². The normalized spacial score (nSPS) is 17.8. The summed E-state index contributed by atoms with van der Waals surface area (Å²) in [4.78, 5) is 25.9. The Kier molecular flexibility index (Phi) is 5.27. The summed E-state index contributed by atoms with van der Waals surface area (Å²) in [5.41, 5.74) is 6.98. The predicted molar refractivity (Wildman–Crippen MR) is 96.2 cm³/mol. The highest BCUT2D eigenvalue weighted by Crippen LogP contribution is 2.24. The van der Waals surface area contributed by atoms with Crippen LogP contribution in [-0.2, 0) is 11.2 Å². The molecule has 1 unspecified atom stereocenters. The van der Waals surface area contributed by atoms with Gasteiger partial charge in [0.25, 0.3) is 5.91 Å². The van der Waals surface area contributed by atoms with Gasteiger partial charge in [0.15, 0.2) is 0 Å². The van der Waals surface area contributed by atoms with E-state index in [0.717, 1.165) is 25.8 Å². The number of thiophene rings is 1. The van der Waals surface area contributed by atoms with Gasteiger partial charge in [-0.2, -0.15) is 0 Å². The van der Waals surface area contributed by atoms with Gasteiger partial charge in [-0.05, 0) is 42.8 Å². The quantitative estimate of drug-likeness (QED) is 0.846. The fraction of sp³-hybridized carbons (Fsp3) is 0.333. The molecule has 126 valence electrons. The molecule has 1 aromatic carbocycles. The van der Waals surface area contributed by atoms with E-state index in [2.05, 4.69) is 22.3 Å². The Bertz CT molecular complexity index is 714. The Morgan fingerprint density at radius 1 is 1.25 bits per heavy atom. The molecule has 0 aliphatic carbocycles. The van der Waals surface area contributed by atoms with Crippen LogP contribution < -0.4 is 11.1 Å². The molecule has 0 saturated carbocycles. The largest absolute Gasteiger partial charge is 0.366 e. The summed E-state index contributed by atoms with van der Waals surface area (Å²) >= 11 is 1.32. The van der Waals surface area contributed by atoms with E-state index in [4.69, 9.17) is 5.73 Å². The van der Waals surface area contributed by atoms with Crippen LogP contribution in [0.15, 0.2) is 41.8 Å². The maximum atomic E-state index is 12.3. The average Bonchev–Trinajstić information content (AvgIpc) is 3.18. The van der Waals surface area contributed by atoms with Gasteiger partial charge in [-0.3, -0.25) is 14.5 Å². The number of hydrogen-bond donors (Lipinski definition) is 2. The summed E-state index contributed by atoms with van der Waals surface area (Å²) in [5, 5.41) is 5.11. The van der Waals surface area contributed by atoms with Crippen molar-refractivity contribution in [3.05, 3.63) is 52.9 Å². The predicted octanol–water partition coefficient (Wildman–Crippen LogP) is 2.49. The third-order valence-corrected chi connectivity index (χ3v) is 5.17. The molecular formula is C18H21N3O2S. The number of hydrogen-bond acceptors (Lipinski definition) is 4. The Morgan fingerprint density at radius 3 is 2.79 bits per heavy atom. The second kappa shape index (κ2) is 7.59. The molecule has 0 radical (unpaired) electrons. The summed E-state index contributed by atoms with van der Waals surface area (Å²) in [6.07, 6.45) is 3.17. The molecule has 0 spiro atoms. The SMILES string of the molecule is NC(=O)c1ccsc1NC(=O)CN1CCCC1Cc1ccccc1. The van der Waals surface area contributed by atoms with Crippen molar-refractivity contribution in [1.29, 1.82) is 0 Å². The standard InChI is InChI=1S/C18H21N3O2S/c19-17(23)15-8-10-24-18(15)20-16(22)12-21-9-4-7-14(21)11-13-5-2-1-3-6-13/h1-3,5-6,8,10,14H,4,7,9,11-12H2,(H2,19,23)(H,20,22). The summed E-state index contributed by atoms with van der Waals surface area (Å²) in [5.74, 6) is -0.616. The summed E-state index contributed by atoms with van der Waals surface area (Å²) in [6, 6.07) is 12.4. The van der Waals surface area contributed by atoms with Crippen LogP contribution in [0.5, 0.6) is 0 Å². The van der Waals surface area contributed by atoms with E-state index in [9.17, 15) is 9.59 Å². The van der Waals surface area contributed by atoms with E-state index in [1.54, 1.807) is 11.4 Å². The van der Waals surface area contributed by atoms with Crippen LogP contribution >= 0.6 is 11.3 Å². The van der Waals surface area contributed by atoms with Gasteiger partial charge in [-0.25, -0.2) is 0 Å². The number of nitrogens with one attached hydrogen (secondary N) is 1. The number of amides is 2. The van der Waals surface area contributed by atoms with Gasteiger partial charge in [-0.1, -0.05) is 30.3 Å². The van der Waals surface area contributed by atoms with Crippen molar-refractivity contribution in [2.75, 3.05) is 18.4 Å². The van der Waals surface area contributed by atoms with Gasteiger partial charge >= 0.3 is 0 Å². The topological polar surface area (TPSA) is 75.4 Å². The summed E-state index contributed by atoms with van der Waals surface area (Å²) in [7, 11) is 0. The number of rotatable bonds is 6. The minimum Gasteiger partial charge on any atom is -0.366 e. The fourth-order valence-corrected chi connectivity index (χ4v) is 3.98. The molecule has 24 heavy (non-hydrogen) atoms. The van der Waals surface area contributed by atoms with Gasteiger partial charge < -0.3 is 11.1 Å². The van der Waals surface area contributed by atoms with Gasteiger partial charge in [0.1, 0.15) is 5.00 Å². The van der Waals surface area contributed by atoms with Crippen LogP contribution in [0.3, 0.4) is 0 Å². The zero-order chi connectivity index (χ0) is 16.9. The van der Waals surface area contributed by atoms with Crippen molar-refractivity contribution in [3.8, 4) is 0 Å². The molecule has 1 aliphatic rings. The van der Waals surface area contributed by atoms with E-state index >= 15 is 0 Å². The minimum absolute atomic E-state index is 0.0973. The molecule has 6 heteroatoms. The number of primary amides is 1. The van der Waals surface area contributed by atoms with Crippen LogP contribution in [-0.4, -0.2) is 35.8 Å². The van der Waals surface area contributed by atoms with Crippen LogP contribution in [0.2, 0.25) is 0 Å². The Hall–Kier alpha value is -2.18. The molecule has 1 atom stereocenters. The van der Waals surface area contributed by atoms with Gasteiger partial charge in [0.2, 0.25) is 5.91 Å². The zero-order valence-corrected chi connectivity index (χ0v) is 14.2. The number of nitrogens with zero attached hydrogens (tertiary/aromatic N) is 1. The van der Waals surface area contributed by atoms with Crippen LogP contribution in [0.25, 0.3) is 0 Å². The zero-order valence-electron chi connectivity index (χ0n) is 13.4. The first-order valence-corrected chi connectivity index (χ1v) is 8.96. The highest BCUT2D eigenvalue weighted by molar-refractivity contribution is 7.14. The van der Waals surface area contributed by atoms with E-state index in [-0.39, 0.29) is 5.91 Å². The van der Waals surface area contributed by atoms with Crippen molar-refractivity contribution < 1.29 is 9.59 Å². The molecule has 1 aliphatic heterocycles. The molecule has 1 aromatic heterocycles. The Labute approximate surface area is 145 Å². The second-order valence-electron chi connectivity index (χ2n) is 6.03. The van der Waals surface area contributed by atoms with Crippen LogP contribution in [0.4, 0.5) is 5.00 Å². The number of carbonyl (C=O) groups excluding carboxylic acids is 2. The smallest absolute Gasteiger partial charge is 0.251 e. The third-order valence-electron chi connectivity index (χ3n) is 4.34. The number of anilines is 1. The van der Waals surface area contributed by atoms with Crippen molar-refractivity contribution in [2.24, 2.45) is 5.73 Å². The van der Waals surface area contributed by atoms with Gasteiger partial charge in [0.05, 0.1) is 12.1 Å². The van der Waals surface area contributed by atoms with Crippen LogP contribution in [0, 0.1) is 0 Å². The molecule has 1 fully saturated rings. The van der Waals surface area contributed by atoms with E-state index in [0.29, 0.717) is 23.2 Å². The molecule has 2 amide bonds. The van der Waals surface area contributed by atoms with Gasteiger partial charge in [0, 0.05) is 6.04 Å². The monoisotopic (exact) mass is 343 g/mol. The maximum absolute atomic E-state index is 12.3. The lowest BCUT2D eigenvalue weighted by molar-refractivity contribution is -0.117. The lowest BCUT2D eigenvalue weighted by Crippen LogP contribution is -2.38. The first-order chi connectivity index (χ1) is 11.6. The van der Waals surface area contributed by atoms with E-state index < -0.39 is 5.91 Å². The van der Waals surface area contributed by atoms with Crippen molar-refractivity contribution in [1.82, 2.24) is 4.90 Å². The Morgan fingerprint density at radius 2 is 2.04 bits per heavy atom. The fourth-order valence-electron chi connectivity index (χ4n) is 3.17. The third kappa shape index (κ3) is 4.01. The highest BCUT2D eigenvalue weighted by atomic mass is 32.1. The molecular weight excluding hydrogens is 322 g/mol. The van der Waals surface area contributed by atoms with Crippen molar-refractivity contribution in [2.45, 2.75) is 25.3 Å². The van der Waals surface area contributed by atoms with Crippen molar-refractivity contribution in [3.63, 3.8) is 0 Å². The van der Waals surface area contributed by atoms with Gasteiger partial charge in [-0.15, -0.1) is 11.3 Å². The number of likely N-dealkylation sites (tertiary alicyclic amines) is 1. The molecule has 1 saturated heterocycles. The number of nitrogens with two attached hydrogens (primary N) is 1.